The second-order valence-electron chi connectivity index (χ2n) is 16.2. The third-order valence-corrected chi connectivity index (χ3v) is 10.6. The standard InChI is InChI=1S/C50H88N2O7/c1-3-5-7-9-11-13-15-16-17-18-19-20-21-22-23-24-25-27-29-34-38-42-49(56)59-45(39-35-31-28-26-14-12-10-8-6-4-2)40-36-32-30-33-37-41-47(54)51-43-48(55)52-46(44-53)50(57)58/h5,7,11,13,16-17,19-20,45-46,53H,3-4,6,8-10,12,14-15,18,21-44H2,1-2H3,(H,51,54)(H,52,55)(H,57,58)/b7-5-,13-11-,17-16-,20-19-. The Morgan fingerprint density at radius 1 is 0.525 bits per heavy atom. The highest BCUT2D eigenvalue weighted by atomic mass is 16.5. The van der Waals surface area contributed by atoms with E-state index < -0.39 is 24.5 Å². The molecule has 0 rings (SSSR count). The Hall–Kier alpha value is -3.20. The Balaban J connectivity index is 4.22. The fourth-order valence-corrected chi connectivity index (χ4v) is 6.94. The minimum atomic E-state index is -1.38. The van der Waals surface area contributed by atoms with Crippen LogP contribution in [-0.4, -0.2) is 59.3 Å². The van der Waals surface area contributed by atoms with Crippen LogP contribution in [-0.2, 0) is 23.9 Å². The van der Waals surface area contributed by atoms with Gasteiger partial charge in [-0.15, -0.1) is 0 Å². The van der Waals surface area contributed by atoms with E-state index in [1.54, 1.807) is 0 Å². The molecule has 0 aromatic heterocycles. The number of rotatable bonds is 43. The Labute approximate surface area is 360 Å². The van der Waals surface area contributed by atoms with Crippen LogP contribution in [0, 0.1) is 0 Å². The van der Waals surface area contributed by atoms with Crippen molar-refractivity contribution < 1.29 is 34.1 Å². The molecule has 2 amide bonds. The van der Waals surface area contributed by atoms with Crippen molar-refractivity contribution >= 4 is 23.8 Å². The molecule has 0 aromatic rings. The van der Waals surface area contributed by atoms with Crippen LogP contribution < -0.4 is 10.6 Å². The van der Waals surface area contributed by atoms with Crippen LogP contribution in [0.4, 0.5) is 0 Å². The number of esters is 1. The summed E-state index contributed by atoms with van der Waals surface area (Å²) >= 11 is 0. The smallest absolute Gasteiger partial charge is 0.328 e. The molecular weight excluding hydrogens is 741 g/mol. The summed E-state index contributed by atoms with van der Waals surface area (Å²) in [6.45, 7) is 3.38. The van der Waals surface area contributed by atoms with Gasteiger partial charge in [0.2, 0.25) is 11.8 Å². The number of carbonyl (C=O) groups is 4. The SMILES string of the molecule is CC/C=C\C/C=C\C/C=C\C/C=C\CCCCCCCCCCC(=O)OC(CCCCCCCCCCCC)CCCCCCCC(=O)NCC(=O)NC(CO)C(=O)O. The van der Waals surface area contributed by atoms with E-state index in [-0.39, 0.29) is 24.5 Å². The molecule has 0 fully saturated rings. The first-order chi connectivity index (χ1) is 28.8. The lowest BCUT2D eigenvalue weighted by Gasteiger charge is -2.18. The molecule has 0 heterocycles. The summed E-state index contributed by atoms with van der Waals surface area (Å²) in [5, 5.41) is 22.6. The van der Waals surface area contributed by atoms with Gasteiger partial charge in [0.1, 0.15) is 12.1 Å². The molecule has 0 aliphatic rings. The summed E-state index contributed by atoms with van der Waals surface area (Å²) in [4.78, 5) is 47.7. The number of allylic oxidation sites excluding steroid dienone is 8. The lowest BCUT2D eigenvalue weighted by Crippen LogP contribution is -2.47. The molecule has 0 saturated heterocycles. The lowest BCUT2D eigenvalue weighted by atomic mass is 10.0. The van der Waals surface area contributed by atoms with E-state index in [2.05, 4.69) is 73.1 Å². The Morgan fingerprint density at radius 2 is 0.966 bits per heavy atom. The van der Waals surface area contributed by atoms with Crippen LogP contribution in [0.1, 0.15) is 219 Å². The van der Waals surface area contributed by atoms with Crippen LogP contribution in [0.15, 0.2) is 48.6 Å². The molecule has 9 heteroatoms. The first-order valence-electron chi connectivity index (χ1n) is 24.0. The molecular formula is C50H88N2O7. The Kier molecular flexibility index (Phi) is 41.9. The number of carboxylic acids is 1. The molecule has 2 atom stereocenters. The summed E-state index contributed by atoms with van der Waals surface area (Å²) in [6, 6.07) is -1.38. The van der Waals surface area contributed by atoms with Crippen LogP contribution in [0.25, 0.3) is 0 Å². The Morgan fingerprint density at radius 3 is 1.46 bits per heavy atom. The van der Waals surface area contributed by atoms with Crippen molar-refractivity contribution in [3.8, 4) is 0 Å². The van der Waals surface area contributed by atoms with Gasteiger partial charge in [-0.05, 0) is 77.0 Å². The van der Waals surface area contributed by atoms with E-state index >= 15 is 0 Å². The summed E-state index contributed by atoms with van der Waals surface area (Å²) in [5.41, 5.74) is 0. The third-order valence-electron chi connectivity index (χ3n) is 10.6. The predicted molar refractivity (Wildman–Crippen MR) is 245 cm³/mol. The van der Waals surface area contributed by atoms with Gasteiger partial charge in [0, 0.05) is 12.8 Å². The molecule has 0 spiro atoms. The van der Waals surface area contributed by atoms with E-state index in [1.807, 2.05) is 0 Å². The number of hydrogen-bond donors (Lipinski definition) is 4. The largest absolute Gasteiger partial charge is 0.480 e. The number of ether oxygens (including phenoxy) is 1. The molecule has 0 aliphatic heterocycles. The van der Waals surface area contributed by atoms with Gasteiger partial charge >= 0.3 is 11.9 Å². The number of unbranched alkanes of at least 4 members (excludes halogenated alkanes) is 21. The Bertz CT molecular complexity index is 1130. The fourth-order valence-electron chi connectivity index (χ4n) is 6.94. The minimum absolute atomic E-state index is 0.0169. The lowest BCUT2D eigenvalue weighted by molar-refractivity contribution is -0.150. The molecule has 59 heavy (non-hydrogen) atoms. The normalized spacial score (nSPS) is 12.9. The van der Waals surface area contributed by atoms with Gasteiger partial charge in [-0.25, -0.2) is 4.79 Å². The van der Waals surface area contributed by atoms with Crippen molar-refractivity contribution in [3.05, 3.63) is 48.6 Å². The maximum Gasteiger partial charge on any atom is 0.328 e. The number of hydrogen-bond acceptors (Lipinski definition) is 6. The summed E-state index contributed by atoms with van der Waals surface area (Å²) in [5.74, 6) is -2.29. The molecule has 0 radical (unpaired) electrons. The highest BCUT2D eigenvalue weighted by Crippen LogP contribution is 2.19. The van der Waals surface area contributed by atoms with E-state index in [1.165, 1.54) is 103 Å². The van der Waals surface area contributed by atoms with E-state index in [9.17, 15) is 19.2 Å². The highest BCUT2D eigenvalue weighted by Gasteiger charge is 2.19. The summed E-state index contributed by atoms with van der Waals surface area (Å²) < 4.78 is 6.04. The van der Waals surface area contributed by atoms with Crippen LogP contribution >= 0.6 is 0 Å². The monoisotopic (exact) mass is 829 g/mol. The molecule has 0 bridgehead atoms. The van der Waals surface area contributed by atoms with Gasteiger partial charge in [-0.3, -0.25) is 14.4 Å². The number of carbonyl (C=O) groups excluding carboxylic acids is 3. The first-order valence-corrected chi connectivity index (χ1v) is 24.0. The maximum absolute atomic E-state index is 12.8. The van der Waals surface area contributed by atoms with E-state index in [0.29, 0.717) is 19.3 Å². The highest BCUT2D eigenvalue weighted by molar-refractivity contribution is 5.87. The fraction of sp³-hybridized carbons (Fsp3) is 0.760. The van der Waals surface area contributed by atoms with Crippen molar-refractivity contribution in [1.29, 1.82) is 0 Å². The predicted octanol–water partition coefficient (Wildman–Crippen LogP) is 12.3. The van der Waals surface area contributed by atoms with Gasteiger partial charge in [-0.1, -0.05) is 178 Å². The number of amides is 2. The summed E-state index contributed by atoms with van der Waals surface area (Å²) in [6.07, 6.45) is 52.8. The number of aliphatic hydroxyl groups excluding tert-OH is 1. The summed E-state index contributed by atoms with van der Waals surface area (Å²) in [7, 11) is 0. The second-order valence-corrected chi connectivity index (χ2v) is 16.2. The second kappa shape index (κ2) is 44.4. The van der Waals surface area contributed by atoms with Crippen LogP contribution in [0.3, 0.4) is 0 Å². The van der Waals surface area contributed by atoms with Crippen molar-refractivity contribution in [3.63, 3.8) is 0 Å². The van der Waals surface area contributed by atoms with E-state index in [0.717, 1.165) is 83.5 Å². The average Bonchev–Trinajstić information content (AvgIpc) is 3.22. The molecule has 9 nitrogen and oxygen atoms in total. The zero-order valence-electron chi connectivity index (χ0n) is 37.8. The molecule has 340 valence electrons. The number of aliphatic hydroxyl groups is 1. The number of carboxylic acid groups (broad SMARTS) is 1. The minimum Gasteiger partial charge on any atom is -0.480 e. The van der Waals surface area contributed by atoms with Crippen molar-refractivity contribution in [2.45, 2.75) is 231 Å². The van der Waals surface area contributed by atoms with Gasteiger partial charge in [-0.2, -0.15) is 0 Å². The van der Waals surface area contributed by atoms with Gasteiger partial charge < -0.3 is 25.6 Å². The quantitative estimate of drug-likeness (QED) is 0.0272. The zero-order valence-corrected chi connectivity index (χ0v) is 37.8. The number of nitrogens with one attached hydrogen (secondary N) is 2. The van der Waals surface area contributed by atoms with Crippen molar-refractivity contribution in [2.75, 3.05) is 13.2 Å². The van der Waals surface area contributed by atoms with Gasteiger partial charge in [0.05, 0.1) is 13.2 Å². The van der Waals surface area contributed by atoms with Gasteiger partial charge in [0.25, 0.3) is 0 Å². The van der Waals surface area contributed by atoms with E-state index in [4.69, 9.17) is 14.9 Å². The maximum atomic E-state index is 12.8. The molecule has 0 aromatic carbocycles. The van der Waals surface area contributed by atoms with Crippen molar-refractivity contribution in [1.82, 2.24) is 10.6 Å². The van der Waals surface area contributed by atoms with Crippen molar-refractivity contribution in [2.24, 2.45) is 0 Å². The van der Waals surface area contributed by atoms with Crippen LogP contribution in [0.2, 0.25) is 0 Å². The van der Waals surface area contributed by atoms with Gasteiger partial charge in [0.15, 0.2) is 0 Å². The topological polar surface area (TPSA) is 142 Å². The molecule has 2 unspecified atom stereocenters. The molecule has 0 aliphatic carbocycles. The average molecular weight is 829 g/mol. The molecule has 0 saturated carbocycles. The number of aliphatic carboxylic acids is 1. The molecule has 4 N–H and O–H groups in total. The third kappa shape index (κ3) is 41.3. The van der Waals surface area contributed by atoms with Crippen LogP contribution in [0.5, 0.6) is 0 Å². The first kappa shape index (κ1) is 55.8. The zero-order chi connectivity index (χ0) is 43.3.